The van der Waals surface area contributed by atoms with Crippen LogP contribution < -0.4 is 5.73 Å². The summed E-state index contributed by atoms with van der Waals surface area (Å²) in [6, 6.07) is 2.06. The van der Waals surface area contributed by atoms with Crippen LogP contribution in [0.25, 0.3) is 0 Å². The Labute approximate surface area is 107 Å². The standard InChI is InChI=1S/C13H20N2OS/c1-2-4-11(14)13(16)15-7-3-5-12(15)10-6-8-17-9-10/h6,8-9,11-12H,2-5,7,14H2,1H3/t11-,12?/m0/s1. The lowest BCUT2D eigenvalue weighted by atomic mass is 10.1. The van der Waals surface area contributed by atoms with Crippen LogP contribution in [0.1, 0.15) is 44.2 Å². The average Bonchev–Trinajstić information content (AvgIpc) is 2.98. The van der Waals surface area contributed by atoms with E-state index in [1.807, 2.05) is 4.90 Å². The first-order valence-corrected chi connectivity index (χ1v) is 7.26. The van der Waals surface area contributed by atoms with E-state index < -0.39 is 0 Å². The van der Waals surface area contributed by atoms with E-state index in [0.717, 1.165) is 32.2 Å². The van der Waals surface area contributed by atoms with Gasteiger partial charge in [0.05, 0.1) is 12.1 Å². The van der Waals surface area contributed by atoms with Gasteiger partial charge in [-0.15, -0.1) is 0 Å². The van der Waals surface area contributed by atoms with Crippen LogP contribution in [0.4, 0.5) is 0 Å². The molecule has 2 atom stereocenters. The Kier molecular flexibility index (Phi) is 4.18. The van der Waals surface area contributed by atoms with Gasteiger partial charge in [-0.05, 0) is 41.7 Å². The topological polar surface area (TPSA) is 46.3 Å². The minimum atomic E-state index is -0.320. The summed E-state index contributed by atoms with van der Waals surface area (Å²) in [5.41, 5.74) is 7.20. The molecule has 1 aromatic heterocycles. The normalized spacial score (nSPS) is 21.8. The van der Waals surface area contributed by atoms with Gasteiger partial charge in [-0.3, -0.25) is 4.79 Å². The maximum absolute atomic E-state index is 12.2. The van der Waals surface area contributed by atoms with Crippen LogP contribution in [0.5, 0.6) is 0 Å². The van der Waals surface area contributed by atoms with Crippen LogP contribution in [0, 0.1) is 0 Å². The van der Waals surface area contributed by atoms with Crippen LogP contribution >= 0.6 is 11.3 Å². The molecule has 1 amide bonds. The lowest BCUT2D eigenvalue weighted by molar-refractivity contribution is -0.133. The van der Waals surface area contributed by atoms with Crippen molar-refractivity contribution in [3.63, 3.8) is 0 Å². The quantitative estimate of drug-likeness (QED) is 0.895. The van der Waals surface area contributed by atoms with E-state index in [0.29, 0.717) is 0 Å². The molecule has 1 aromatic rings. The van der Waals surface area contributed by atoms with Crippen LogP contribution in [-0.4, -0.2) is 23.4 Å². The summed E-state index contributed by atoms with van der Waals surface area (Å²) in [6.45, 7) is 2.92. The molecule has 2 heterocycles. The van der Waals surface area contributed by atoms with Crippen LogP contribution in [0.15, 0.2) is 16.8 Å². The first kappa shape index (κ1) is 12.6. The van der Waals surface area contributed by atoms with Crippen LogP contribution in [0.2, 0.25) is 0 Å². The van der Waals surface area contributed by atoms with Crippen LogP contribution in [-0.2, 0) is 4.79 Å². The van der Waals surface area contributed by atoms with Gasteiger partial charge in [0.15, 0.2) is 0 Å². The van der Waals surface area contributed by atoms with E-state index in [-0.39, 0.29) is 18.0 Å². The van der Waals surface area contributed by atoms with Gasteiger partial charge >= 0.3 is 0 Å². The Morgan fingerprint density at radius 3 is 3.18 bits per heavy atom. The monoisotopic (exact) mass is 252 g/mol. The first-order valence-electron chi connectivity index (χ1n) is 6.32. The zero-order valence-electron chi connectivity index (χ0n) is 10.3. The number of rotatable bonds is 4. The predicted molar refractivity (Wildman–Crippen MR) is 70.9 cm³/mol. The molecule has 0 radical (unpaired) electrons. The number of thiophene rings is 1. The third-order valence-electron chi connectivity index (χ3n) is 3.38. The zero-order valence-corrected chi connectivity index (χ0v) is 11.1. The van der Waals surface area contributed by atoms with Gasteiger partial charge < -0.3 is 10.6 Å². The third kappa shape index (κ3) is 2.69. The molecule has 3 nitrogen and oxygen atoms in total. The lowest BCUT2D eigenvalue weighted by Gasteiger charge is -2.27. The Hall–Kier alpha value is -0.870. The van der Waals surface area contributed by atoms with Gasteiger partial charge in [0.25, 0.3) is 0 Å². The summed E-state index contributed by atoms with van der Waals surface area (Å²) < 4.78 is 0. The molecule has 1 saturated heterocycles. The summed E-state index contributed by atoms with van der Waals surface area (Å²) in [4.78, 5) is 14.2. The van der Waals surface area contributed by atoms with Gasteiger partial charge in [0.1, 0.15) is 0 Å². The number of hydrogen-bond acceptors (Lipinski definition) is 3. The van der Waals surface area contributed by atoms with Crippen molar-refractivity contribution < 1.29 is 4.79 Å². The summed E-state index contributed by atoms with van der Waals surface area (Å²) in [6.07, 6.45) is 3.90. The molecule has 0 aromatic carbocycles. The number of nitrogens with zero attached hydrogens (tertiary/aromatic N) is 1. The fraction of sp³-hybridized carbons (Fsp3) is 0.615. The van der Waals surface area contributed by atoms with Crippen molar-refractivity contribution >= 4 is 17.2 Å². The van der Waals surface area contributed by atoms with Gasteiger partial charge in [-0.1, -0.05) is 13.3 Å². The molecule has 1 fully saturated rings. The summed E-state index contributed by atoms with van der Waals surface area (Å²) in [5, 5.41) is 4.21. The molecule has 2 N–H and O–H groups in total. The summed E-state index contributed by atoms with van der Waals surface area (Å²) >= 11 is 1.69. The smallest absolute Gasteiger partial charge is 0.239 e. The fourth-order valence-electron chi connectivity index (χ4n) is 2.49. The van der Waals surface area contributed by atoms with Crippen LogP contribution in [0.3, 0.4) is 0 Å². The Morgan fingerprint density at radius 2 is 2.53 bits per heavy atom. The number of hydrogen-bond donors (Lipinski definition) is 1. The first-order chi connectivity index (χ1) is 8.24. The molecule has 1 unspecified atom stereocenters. The predicted octanol–water partition coefficient (Wildman–Crippen LogP) is 2.54. The van der Waals surface area contributed by atoms with Crippen molar-refractivity contribution in [2.45, 2.75) is 44.7 Å². The highest BCUT2D eigenvalue weighted by atomic mass is 32.1. The van der Waals surface area contributed by atoms with Gasteiger partial charge in [-0.2, -0.15) is 11.3 Å². The van der Waals surface area contributed by atoms with Crippen molar-refractivity contribution in [1.82, 2.24) is 4.90 Å². The van der Waals surface area contributed by atoms with Crippen molar-refractivity contribution in [2.24, 2.45) is 5.73 Å². The largest absolute Gasteiger partial charge is 0.334 e. The highest BCUT2D eigenvalue weighted by molar-refractivity contribution is 7.07. The number of carbonyl (C=O) groups excluding carboxylic acids is 1. The molecule has 1 aliphatic rings. The zero-order chi connectivity index (χ0) is 12.3. The Balaban J connectivity index is 2.07. The van der Waals surface area contributed by atoms with Crippen molar-refractivity contribution in [3.05, 3.63) is 22.4 Å². The number of amides is 1. The van der Waals surface area contributed by atoms with Crippen molar-refractivity contribution in [2.75, 3.05) is 6.54 Å². The molecule has 4 heteroatoms. The lowest BCUT2D eigenvalue weighted by Crippen LogP contribution is -2.43. The highest BCUT2D eigenvalue weighted by Crippen LogP contribution is 2.33. The van der Waals surface area contributed by atoms with E-state index in [2.05, 4.69) is 23.8 Å². The van der Waals surface area contributed by atoms with E-state index in [1.54, 1.807) is 11.3 Å². The summed E-state index contributed by atoms with van der Waals surface area (Å²) in [7, 11) is 0. The van der Waals surface area contributed by atoms with Gasteiger partial charge in [-0.25, -0.2) is 0 Å². The second kappa shape index (κ2) is 5.65. The van der Waals surface area contributed by atoms with E-state index >= 15 is 0 Å². The highest BCUT2D eigenvalue weighted by Gasteiger charge is 2.32. The van der Waals surface area contributed by atoms with Crippen molar-refractivity contribution in [1.29, 1.82) is 0 Å². The molecule has 1 aliphatic heterocycles. The molecular weight excluding hydrogens is 232 g/mol. The van der Waals surface area contributed by atoms with E-state index in [9.17, 15) is 4.79 Å². The van der Waals surface area contributed by atoms with E-state index in [1.165, 1.54) is 5.56 Å². The molecule has 2 rings (SSSR count). The SMILES string of the molecule is CCC[C@H](N)C(=O)N1CCCC1c1ccsc1. The van der Waals surface area contributed by atoms with E-state index in [4.69, 9.17) is 5.73 Å². The molecule has 94 valence electrons. The minimum absolute atomic E-state index is 0.126. The van der Waals surface area contributed by atoms with Gasteiger partial charge in [0.2, 0.25) is 5.91 Å². The maximum Gasteiger partial charge on any atom is 0.239 e. The molecular formula is C13H20N2OS. The second-order valence-corrected chi connectivity index (χ2v) is 5.42. The molecule has 0 saturated carbocycles. The Bertz CT molecular complexity index is 364. The molecule has 17 heavy (non-hydrogen) atoms. The Morgan fingerprint density at radius 1 is 1.71 bits per heavy atom. The van der Waals surface area contributed by atoms with Gasteiger partial charge in [0, 0.05) is 6.54 Å². The molecule has 0 bridgehead atoms. The minimum Gasteiger partial charge on any atom is -0.334 e. The number of carbonyl (C=O) groups is 1. The second-order valence-electron chi connectivity index (χ2n) is 4.64. The number of likely N-dealkylation sites (tertiary alicyclic amines) is 1. The fourth-order valence-corrected chi connectivity index (χ4v) is 3.20. The maximum atomic E-state index is 12.2. The summed E-state index contributed by atoms with van der Waals surface area (Å²) in [5.74, 6) is 0.126. The molecule has 0 aliphatic carbocycles. The average molecular weight is 252 g/mol. The van der Waals surface area contributed by atoms with Crippen molar-refractivity contribution in [3.8, 4) is 0 Å². The number of nitrogens with two attached hydrogens (primary N) is 1. The molecule has 0 spiro atoms. The third-order valence-corrected chi connectivity index (χ3v) is 4.08.